The van der Waals surface area contributed by atoms with E-state index >= 15 is 0 Å². The molecule has 7 heteroatoms. The highest BCUT2D eigenvalue weighted by atomic mass is 35.5. The van der Waals surface area contributed by atoms with Crippen molar-refractivity contribution in [3.05, 3.63) is 58.9 Å². The van der Waals surface area contributed by atoms with E-state index < -0.39 is 5.82 Å². The third-order valence-corrected chi connectivity index (χ3v) is 5.35. The largest absolute Gasteiger partial charge is 0.423 e. The molecule has 2 heterocycles. The number of anilines is 1. The van der Waals surface area contributed by atoms with Gasteiger partial charge in [0.05, 0.1) is 11.1 Å². The summed E-state index contributed by atoms with van der Waals surface area (Å²) in [4.78, 5) is 18.9. The quantitative estimate of drug-likeness (QED) is 0.667. The highest BCUT2D eigenvalue weighted by Gasteiger charge is 2.28. The molecule has 1 fully saturated rings. The second-order valence-electron chi connectivity index (χ2n) is 7.01. The molecule has 3 aromatic rings. The van der Waals surface area contributed by atoms with Crippen molar-refractivity contribution < 1.29 is 13.6 Å². The summed E-state index contributed by atoms with van der Waals surface area (Å²) < 4.78 is 19.1. The Labute approximate surface area is 167 Å². The van der Waals surface area contributed by atoms with E-state index in [2.05, 4.69) is 15.2 Å². The minimum Gasteiger partial charge on any atom is -0.423 e. The van der Waals surface area contributed by atoms with Crippen molar-refractivity contribution in [2.45, 2.75) is 31.7 Å². The van der Waals surface area contributed by atoms with Gasteiger partial charge in [-0.25, -0.2) is 4.39 Å². The summed E-state index contributed by atoms with van der Waals surface area (Å²) in [5.41, 5.74) is 2.45. The Hall–Kier alpha value is -2.60. The maximum atomic E-state index is 13.2. The van der Waals surface area contributed by atoms with Crippen molar-refractivity contribution in [3.63, 3.8) is 0 Å². The molecular weight excluding hydrogens is 381 g/mol. The van der Waals surface area contributed by atoms with E-state index in [9.17, 15) is 9.18 Å². The van der Waals surface area contributed by atoms with E-state index in [1.54, 1.807) is 12.1 Å². The molecule has 0 saturated carbocycles. The third kappa shape index (κ3) is 4.12. The lowest BCUT2D eigenvalue weighted by atomic mass is 10.1. The minimum absolute atomic E-state index is 0.0372. The predicted molar refractivity (Wildman–Crippen MR) is 107 cm³/mol. The zero-order chi connectivity index (χ0) is 19.5. The van der Waals surface area contributed by atoms with Crippen molar-refractivity contribution in [2.24, 2.45) is 0 Å². The van der Waals surface area contributed by atoms with Gasteiger partial charge in [-0.1, -0.05) is 29.8 Å². The number of nitrogens with zero attached hydrogens (tertiary/aromatic N) is 2. The molecule has 0 spiro atoms. The van der Waals surface area contributed by atoms with Gasteiger partial charge in [0.15, 0.2) is 5.58 Å². The Balaban J connectivity index is 1.31. The van der Waals surface area contributed by atoms with Crippen molar-refractivity contribution in [3.8, 4) is 0 Å². The molecule has 1 atom stereocenters. The van der Waals surface area contributed by atoms with Crippen molar-refractivity contribution >= 4 is 34.6 Å². The molecule has 0 aliphatic carbocycles. The number of oxazole rings is 1. The predicted octanol–water partition coefficient (Wildman–Crippen LogP) is 4.34. The maximum Gasteiger partial charge on any atom is 0.298 e. The lowest BCUT2D eigenvalue weighted by Crippen LogP contribution is -2.40. The molecule has 0 bridgehead atoms. The van der Waals surface area contributed by atoms with Gasteiger partial charge in [0.2, 0.25) is 5.91 Å². The number of hydrogen-bond acceptors (Lipinski definition) is 4. The first-order valence-electron chi connectivity index (χ1n) is 9.43. The number of carbonyl (C=O) groups excluding carboxylic acids is 1. The SMILES string of the molecule is O=C(CCc1ccc(F)c(Cl)c1)NCC1CCCN1c1nc2ccccc2o1. The normalized spacial score (nSPS) is 16.6. The Morgan fingerprint density at radius 2 is 2.18 bits per heavy atom. The highest BCUT2D eigenvalue weighted by molar-refractivity contribution is 6.30. The van der Waals surface area contributed by atoms with Crippen LogP contribution in [0.3, 0.4) is 0 Å². The van der Waals surface area contributed by atoms with Crippen LogP contribution in [0.1, 0.15) is 24.8 Å². The molecule has 1 aliphatic rings. The molecule has 4 rings (SSSR count). The molecular formula is C21H21ClFN3O2. The summed E-state index contributed by atoms with van der Waals surface area (Å²) >= 11 is 5.78. The Bertz CT molecular complexity index is 958. The van der Waals surface area contributed by atoms with E-state index in [0.29, 0.717) is 25.4 Å². The second kappa shape index (κ2) is 8.19. The average Bonchev–Trinajstić information content (AvgIpc) is 3.33. The Morgan fingerprint density at radius 3 is 3.00 bits per heavy atom. The standard InChI is InChI=1S/C21H21ClFN3O2/c22-16-12-14(7-9-17(16)23)8-10-20(27)24-13-15-4-3-11-26(15)21-25-18-5-1-2-6-19(18)28-21/h1-2,5-7,9,12,15H,3-4,8,10-11,13H2,(H,24,27). The number of benzene rings is 2. The summed E-state index contributed by atoms with van der Waals surface area (Å²) in [6.45, 7) is 1.41. The number of rotatable bonds is 6. The monoisotopic (exact) mass is 401 g/mol. The summed E-state index contributed by atoms with van der Waals surface area (Å²) in [6, 6.07) is 13.0. The highest BCUT2D eigenvalue weighted by Crippen LogP contribution is 2.28. The lowest BCUT2D eigenvalue weighted by molar-refractivity contribution is -0.121. The van der Waals surface area contributed by atoms with Gasteiger partial charge in [-0.15, -0.1) is 0 Å². The molecule has 1 amide bonds. The van der Waals surface area contributed by atoms with Gasteiger partial charge in [0, 0.05) is 19.5 Å². The molecule has 2 aromatic carbocycles. The van der Waals surface area contributed by atoms with Crippen LogP contribution in [-0.4, -0.2) is 30.0 Å². The molecule has 1 N–H and O–H groups in total. The van der Waals surface area contributed by atoms with Crippen LogP contribution in [0.2, 0.25) is 5.02 Å². The fourth-order valence-corrected chi connectivity index (χ4v) is 3.76. The number of hydrogen-bond donors (Lipinski definition) is 1. The summed E-state index contributed by atoms with van der Waals surface area (Å²) in [5, 5.41) is 3.08. The van der Waals surface area contributed by atoms with Crippen LogP contribution >= 0.6 is 11.6 Å². The van der Waals surface area contributed by atoms with Gasteiger partial charge in [0.1, 0.15) is 11.3 Å². The van der Waals surface area contributed by atoms with Gasteiger partial charge >= 0.3 is 0 Å². The van der Waals surface area contributed by atoms with Crippen LogP contribution in [0.5, 0.6) is 0 Å². The topological polar surface area (TPSA) is 58.4 Å². The van der Waals surface area contributed by atoms with Crippen LogP contribution in [0.15, 0.2) is 46.9 Å². The number of nitrogens with one attached hydrogen (secondary N) is 1. The number of aromatic nitrogens is 1. The number of aryl methyl sites for hydroxylation is 1. The van der Waals surface area contributed by atoms with Crippen LogP contribution in [0, 0.1) is 5.82 Å². The molecule has 1 aromatic heterocycles. The first-order valence-corrected chi connectivity index (χ1v) is 9.81. The summed E-state index contributed by atoms with van der Waals surface area (Å²) in [7, 11) is 0. The number of fused-ring (bicyclic) bond motifs is 1. The van der Waals surface area contributed by atoms with Gasteiger partial charge in [-0.3, -0.25) is 4.79 Å². The van der Waals surface area contributed by atoms with E-state index in [1.165, 1.54) is 6.07 Å². The summed E-state index contributed by atoms with van der Waals surface area (Å²) in [5.74, 6) is -0.486. The Morgan fingerprint density at radius 1 is 1.32 bits per heavy atom. The minimum atomic E-state index is -0.449. The van der Waals surface area contributed by atoms with Crippen molar-refractivity contribution in [2.75, 3.05) is 18.0 Å². The number of para-hydroxylation sites is 2. The maximum absolute atomic E-state index is 13.2. The fourth-order valence-electron chi connectivity index (χ4n) is 3.56. The molecule has 5 nitrogen and oxygen atoms in total. The van der Waals surface area contributed by atoms with Gasteiger partial charge in [-0.05, 0) is 49.1 Å². The van der Waals surface area contributed by atoms with E-state index in [0.717, 1.165) is 36.0 Å². The first kappa shape index (κ1) is 18.7. The van der Waals surface area contributed by atoms with E-state index in [1.807, 2.05) is 24.3 Å². The molecule has 146 valence electrons. The van der Waals surface area contributed by atoms with Crippen molar-refractivity contribution in [1.82, 2.24) is 10.3 Å². The third-order valence-electron chi connectivity index (χ3n) is 5.07. The summed E-state index contributed by atoms with van der Waals surface area (Å²) in [6.07, 6.45) is 2.86. The van der Waals surface area contributed by atoms with E-state index in [-0.39, 0.29) is 17.0 Å². The fraction of sp³-hybridized carbons (Fsp3) is 0.333. The molecule has 1 aliphatic heterocycles. The van der Waals surface area contributed by atoms with Gasteiger partial charge in [0.25, 0.3) is 6.01 Å². The molecule has 28 heavy (non-hydrogen) atoms. The lowest BCUT2D eigenvalue weighted by Gasteiger charge is -2.23. The second-order valence-corrected chi connectivity index (χ2v) is 7.41. The van der Waals surface area contributed by atoms with Gasteiger partial charge < -0.3 is 14.6 Å². The smallest absolute Gasteiger partial charge is 0.298 e. The van der Waals surface area contributed by atoms with Crippen LogP contribution in [0.25, 0.3) is 11.1 Å². The number of amides is 1. The molecule has 1 saturated heterocycles. The zero-order valence-corrected chi connectivity index (χ0v) is 16.1. The van der Waals surface area contributed by atoms with Crippen molar-refractivity contribution in [1.29, 1.82) is 0 Å². The Kier molecular flexibility index (Phi) is 5.48. The van der Waals surface area contributed by atoms with E-state index in [4.69, 9.17) is 16.0 Å². The molecule has 1 unspecified atom stereocenters. The first-order chi connectivity index (χ1) is 13.6. The number of carbonyl (C=O) groups is 1. The molecule has 0 radical (unpaired) electrons. The zero-order valence-electron chi connectivity index (χ0n) is 15.3. The van der Waals surface area contributed by atoms with Crippen LogP contribution in [-0.2, 0) is 11.2 Å². The van der Waals surface area contributed by atoms with Crippen LogP contribution < -0.4 is 10.2 Å². The average molecular weight is 402 g/mol. The van der Waals surface area contributed by atoms with Crippen LogP contribution in [0.4, 0.5) is 10.4 Å². The number of halogens is 2. The van der Waals surface area contributed by atoms with Gasteiger partial charge in [-0.2, -0.15) is 4.98 Å².